The molecule has 3 N–H and O–H groups in total. The van der Waals surface area contributed by atoms with Gasteiger partial charge in [-0.3, -0.25) is 9.48 Å². The van der Waals surface area contributed by atoms with Gasteiger partial charge in [-0.25, -0.2) is 0 Å². The van der Waals surface area contributed by atoms with Gasteiger partial charge >= 0.3 is 0 Å². The van der Waals surface area contributed by atoms with Gasteiger partial charge < -0.3 is 15.8 Å². The topological polar surface area (TPSA) is 82.2 Å². The highest BCUT2D eigenvalue weighted by molar-refractivity contribution is 5.94. The van der Waals surface area contributed by atoms with Crippen LogP contribution < -0.4 is 11.1 Å². The summed E-state index contributed by atoms with van der Waals surface area (Å²) in [5, 5.41) is 6.87. The molecule has 1 aromatic rings. The highest BCUT2D eigenvalue weighted by Crippen LogP contribution is 2.14. The molecular formula is C11H18N4O2. The zero-order valence-corrected chi connectivity index (χ0v) is 9.93. The van der Waals surface area contributed by atoms with Crippen LogP contribution in [0.1, 0.15) is 19.8 Å². The highest BCUT2D eigenvalue weighted by Gasteiger charge is 2.16. The highest BCUT2D eigenvalue weighted by atomic mass is 16.5. The number of amides is 1. The number of carbonyl (C=O) groups excluding carboxylic acids is 1. The molecule has 1 fully saturated rings. The van der Waals surface area contributed by atoms with Crippen molar-refractivity contribution in [3.8, 4) is 0 Å². The number of carbonyl (C=O) groups is 1. The number of nitrogens with zero attached hydrogens (tertiary/aromatic N) is 2. The van der Waals surface area contributed by atoms with Gasteiger partial charge in [0.15, 0.2) is 0 Å². The van der Waals surface area contributed by atoms with Gasteiger partial charge in [0.2, 0.25) is 5.91 Å². The molecule has 0 aliphatic carbocycles. The molecule has 0 radical (unpaired) electrons. The Bertz CT molecular complexity index is 383. The van der Waals surface area contributed by atoms with Crippen molar-refractivity contribution in [3.05, 3.63) is 12.4 Å². The minimum atomic E-state index is -0.517. The van der Waals surface area contributed by atoms with Gasteiger partial charge in [-0.2, -0.15) is 5.10 Å². The van der Waals surface area contributed by atoms with E-state index in [0.29, 0.717) is 5.69 Å². The average molecular weight is 238 g/mol. The summed E-state index contributed by atoms with van der Waals surface area (Å²) >= 11 is 0. The zero-order chi connectivity index (χ0) is 12.3. The maximum absolute atomic E-state index is 11.4. The Balaban J connectivity index is 1.89. The molecule has 1 aliphatic heterocycles. The standard InChI is InChI=1S/C11H18N4O2/c1-8(12)11(16)14-9-5-13-15(6-9)7-10-3-2-4-17-10/h5-6,8,10H,2-4,7,12H2,1H3,(H,14,16)/t8-,10?/m0/s1. The molecule has 17 heavy (non-hydrogen) atoms. The molecule has 94 valence electrons. The normalized spacial score (nSPS) is 21.4. The van der Waals surface area contributed by atoms with Crippen molar-refractivity contribution < 1.29 is 9.53 Å². The van der Waals surface area contributed by atoms with E-state index < -0.39 is 6.04 Å². The van der Waals surface area contributed by atoms with Crippen molar-refractivity contribution in [2.45, 2.75) is 38.5 Å². The summed E-state index contributed by atoms with van der Waals surface area (Å²) in [7, 11) is 0. The number of rotatable bonds is 4. The molecule has 2 atom stereocenters. The third kappa shape index (κ3) is 3.28. The lowest BCUT2D eigenvalue weighted by molar-refractivity contribution is -0.117. The Labute approximate surface area is 100 Å². The van der Waals surface area contributed by atoms with Crippen LogP contribution in [0.15, 0.2) is 12.4 Å². The van der Waals surface area contributed by atoms with E-state index in [0.717, 1.165) is 26.0 Å². The fourth-order valence-corrected chi connectivity index (χ4v) is 1.78. The van der Waals surface area contributed by atoms with Gasteiger partial charge in [-0.15, -0.1) is 0 Å². The summed E-state index contributed by atoms with van der Waals surface area (Å²) in [6, 6.07) is -0.517. The third-order valence-electron chi connectivity index (χ3n) is 2.73. The van der Waals surface area contributed by atoms with E-state index in [1.165, 1.54) is 0 Å². The Hall–Kier alpha value is -1.40. The average Bonchev–Trinajstić information content (AvgIpc) is 2.91. The van der Waals surface area contributed by atoms with Gasteiger partial charge in [0, 0.05) is 12.8 Å². The van der Waals surface area contributed by atoms with Crippen LogP contribution in [-0.2, 0) is 16.1 Å². The summed E-state index contributed by atoms with van der Waals surface area (Å²) in [6.45, 7) is 3.21. The first-order valence-electron chi connectivity index (χ1n) is 5.85. The number of ether oxygens (including phenoxy) is 1. The van der Waals surface area contributed by atoms with Crippen LogP contribution in [0.3, 0.4) is 0 Å². The first-order chi connectivity index (χ1) is 8.15. The molecule has 0 aromatic carbocycles. The maximum Gasteiger partial charge on any atom is 0.241 e. The molecule has 0 bridgehead atoms. The molecular weight excluding hydrogens is 220 g/mol. The lowest BCUT2D eigenvalue weighted by Gasteiger charge is -2.08. The van der Waals surface area contributed by atoms with Gasteiger partial charge in [0.05, 0.1) is 30.6 Å². The quantitative estimate of drug-likeness (QED) is 0.793. The second kappa shape index (κ2) is 5.29. The Morgan fingerprint density at radius 3 is 3.29 bits per heavy atom. The fraction of sp³-hybridized carbons (Fsp3) is 0.636. The summed E-state index contributed by atoms with van der Waals surface area (Å²) in [5.74, 6) is -0.207. The molecule has 2 heterocycles. The Kier molecular flexibility index (Phi) is 3.75. The van der Waals surface area contributed by atoms with E-state index in [1.54, 1.807) is 24.0 Å². The molecule has 1 unspecified atom stereocenters. The molecule has 6 nitrogen and oxygen atoms in total. The van der Waals surface area contributed by atoms with Crippen molar-refractivity contribution in [1.82, 2.24) is 9.78 Å². The molecule has 1 amide bonds. The van der Waals surface area contributed by atoms with Gasteiger partial charge in [0.1, 0.15) is 0 Å². The lowest BCUT2D eigenvalue weighted by Crippen LogP contribution is -2.32. The van der Waals surface area contributed by atoms with E-state index in [-0.39, 0.29) is 12.0 Å². The van der Waals surface area contributed by atoms with Crippen molar-refractivity contribution in [3.63, 3.8) is 0 Å². The molecule has 0 saturated carbocycles. The van der Waals surface area contributed by atoms with Crippen LogP contribution in [0, 0.1) is 0 Å². The fourth-order valence-electron chi connectivity index (χ4n) is 1.78. The second-order valence-electron chi connectivity index (χ2n) is 4.36. The van der Waals surface area contributed by atoms with Crippen LogP contribution in [0.4, 0.5) is 5.69 Å². The number of nitrogens with two attached hydrogens (primary N) is 1. The Morgan fingerprint density at radius 2 is 2.65 bits per heavy atom. The molecule has 0 spiro atoms. The smallest absolute Gasteiger partial charge is 0.241 e. The monoisotopic (exact) mass is 238 g/mol. The van der Waals surface area contributed by atoms with Crippen molar-refractivity contribution >= 4 is 11.6 Å². The van der Waals surface area contributed by atoms with Crippen molar-refractivity contribution in [2.24, 2.45) is 5.73 Å². The number of aromatic nitrogens is 2. The van der Waals surface area contributed by atoms with E-state index in [2.05, 4.69) is 10.4 Å². The second-order valence-corrected chi connectivity index (χ2v) is 4.36. The zero-order valence-electron chi connectivity index (χ0n) is 9.93. The van der Waals surface area contributed by atoms with Crippen LogP contribution in [0.25, 0.3) is 0 Å². The van der Waals surface area contributed by atoms with Crippen LogP contribution in [0.2, 0.25) is 0 Å². The minimum Gasteiger partial charge on any atom is -0.376 e. The lowest BCUT2D eigenvalue weighted by atomic mass is 10.2. The molecule has 1 aliphatic rings. The number of anilines is 1. The predicted octanol–water partition coefficient (Wildman–Crippen LogP) is 0.348. The van der Waals surface area contributed by atoms with Crippen molar-refractivity contribution in [1.29, 1.82) is 0 Å². The summed E-state index contributed by atoms with van der Waals surface area (Å²) in [6.07, 6.45) is 5.84. The SMILES string of the molecule is C[C@H](N)C(=O)Nc1cnn(CC2CCCO2)c1. The van der Waals surface area contributed by atoms with E-state index >= 15 is 0 Å². The van der Waals surface area contributed by atoms with Crippen molar-refractivity contribution in [2.75, 3.05) is 11.9 Å². The summed E-state index contributed by atoms with van der Waals surface area (Å²) in [5.41, 5.74) is 6.13. The van der Waals surface area contributed by atoms with E-state index in [1.807, 2.05) is 0 Å². The molecule has 6 heteroatoms. The largest absolute Gasteiger partial charge is 0.376 e. The first-order valence-corrected chi connectivity index (χ1v) is 5.85. The number of hydrogen-bond donors (Lipinski definition) is 2. The van der Waals surface area contributed by atoms with Gasteiger partial charge in [0.25, 0.3) is 0 Å². The molecule has 1 aromatic heterocycles. The minimum absolute atomic E-state index is 0.207. The number of hydrogen-bond acceptors (Lipinski definition) is 4. The maximum atomic E-state index is 11.4. The van der Waals surface area contributed by atoms with Crippen LogP contribution in [-0.4, -0.2) is 34.4 Å². The summed E-state index contributed by atoms with van der Waals surface area (Å²) in [4.78, 5) is 11.4. The first kappa shape index (κ1) is 12.1. The van der Waals surface area contributed by atoms with Crippen LogP contribution in [0.5, 0.6) is 0 Å². The van der Waals surface area contributed by atoms with Gasteiger partial charge in [-0.1, -0.05) is 0 Å². The Morgan fingerprint density at radius 1 is 1.82 bits per heavy atom. The third-order valence-corrected chi connectivity index (χ3v) is 2.73. The molecule has 1 saturated heterocycles. The van der Waals surface area contributed by atoms with E-state index in [4.69, 9.17) is 10.5 Å². The van der Waals surface area contributed by atoms with Crippen LogP contribution >= 0.6 is 0 Å². The summed E-state index contributed by atoms with van der Waals surface area (Å²) < 4.78 is 7.30. The molecule has 2 rings (SSSR count). The predicted molar refractivity (Wildman–Crippen MR) is 63.5 cm³/mol. The van der Waals surface area contributed by atoms with E-state index in [9.17, 15) is 4.79 Å². The number of nitrogens with one attached hydrogen (secondary N) is 1. The van der Waals surface area contributed by atoms with Gasteiger partial charge in [-0.05, 0) is 19.8 Å².